The first-order valence-electron chi connectivity index (χ1n) is 9.57. The molecule has 0 spiro atoms. The van der Waals surface area contributed by atoms with Crippen LogP contribution < -0.4 is 0 Å². The van der Waals surface area contributed by atoms with E-state index in [1.807, 2.05) is 6.20 Å². The van der Waals surface area contributed by atoms with Crippen LogP contribution in [0.5, 0.6) is 0 Å². The van der Waals surface area contributed by atoms with Gasteiger partial charge in [0.05, 0.1) is 5.69 Å². The lowest BCUT2D eigenvalue weighted by molar-refractivity contribution is 0.661. The van der Waals surface area contributed by atoms with Gasteiger partial charge in [-0.3, -0.25) is 4.98 Å². The first kappa shape index (κ1) is 16.3. The molecule has 1 aliphatic carbocycles. The Hall–Kier alpha value is -2.93. The van der Waals surface area contributed by atoms with Crippen molar-refractivity contribution in [3.05, 3.63) is 89.1 Å². The highest BCUT2D eigenvalue weighted by Gasteiger charge is 2.36. The largest absolute Gasteiger partial charge is 0.256 e. The maximum absolute atomic E-state index is 4.68. The summed E-state index contributed by atoms with van der Waals surface area (Å²) in [7, 11) is 0. The molecule has 1 nitrogen and oxygen atoms in total. The maximum atomic E-state index is 4.68. The Morgan fingerprint density at radius 1 is 0.778 bits per heavy atom. The number of aryl methyl sites for hydroxylation is 2. The summed E-state index contributed by atoms with van der Waals surface area (Å²) < 4.78 is 0. The Morgan fingerprint density at radius 3 is 2.41 bits per heavy atom. The third-order valence-corrected chi connectivity index (χ3v) is 6.23. The van der Waals surface area contributed by atoms with Crippen LogP contribution in [0.1, 0.15) is 36.1 Å². The molecular weight excluding hydrogens is 326 g/mol. The van der Waals surface area contributed by atoms with E-state index in [-0.39, 0.29) is 5.41 Å². The number of pyridine rings is 1. The predicted octanol–water partition coefficient (Wildman–Crippen LogP) is 6.82. The van der Waals surface area contributed by atoms with Crippen LogP contribution in [0.25, 0.3) is 33.2 Å². The number of aromatic nitrogens is 1. The Labute approximate surface area is 160 Å². The van der Waals surface area contributed by atoms with Gasteiger partial charge < -0.3 is 0 Å². The van der Waals surface area contributed by atoms with Gasteiger partial charge in [0.15, 0.2) is 0 Å². The minimum atomic E-state index is -0.00947. The fourth-order valence-corrected chi connectivity index (χ4v) is 4.45. The first-order chi connectivity index (χ1) is 13.0. The molecule has 132 valence electrons. The average molecular weight is 349 g/mol. The van der Waals surface area contributed by atoms with Crippen molar-refractivity contribution in [1.29, 1.82) is 0 Å². The van der Waals surface area contributed by atoms with Crippen molar-refractivity contribution in [2.24, 2.45) is 0 Å². The molecule has 27 heavy (non-hydrogen) atoms. The molecule has 0 atom stereocenters. The molecule has 0 bridgehead atoms. The van der Waals surface area contributed by atoms with Crippen molar-refractivity contribution in [3.8, 4) is 22.4 Å². The Balaban J connectivity index is 1.76. The maximum Gasteiger partial charge on any atom is 0.0704 e. The molecule has 0 unspecified atom stereocenters. The van der Waals surface area contributed by atoms with Crippen LogP contribution in [0, 0.1) is 13.8 Å². The molecule has 1 heterocycles. The summed E-state index contributed by atoms with van der Waals surface area (Å²) in [6.45, 7) is 8.94. The van der Waals surface area contributed by atoms with Gasteiger partial charge in [0.2, 0.25) is 0 Å². The van der Waals surface area contributed by atoms with Crippen molar-refractivity contribution in [2.45, 2.75) is 33.1 Å². The van der Waals surface area contributed by atoms with E-state index in [0.29, 0.717) is 0 Å². The quantitative estimate of drug-likeness (QED) is 0.367. The Bertz CT molecular complexity index is 1210. The summed E-state index contributed by atoms with van der Waals surface area (Å²) in [4.78, 5) is 4.68. The van der Waals surface area contributed by atoms with Crippen LogP contribution in [-0.2, 0) is 5.41 Å². The highest BCUT2D eigenvalue weighted by atomic mass is 14.7. The summed E-state index contributed by atoms with van der Waals surface area (Å²) in [6.07, 6.45) is 1.98. The fraction of sp³-hybridized carbons (Fsp3) is 0.192. The van der Waals surface area contributed by atoms with Gasteiger partial charge in [0.1, 0.15) is 0 Å². The summed E-state index contributed by atoms with van der Waals surface area (Å²) in [5.74, 6) is 0. The van der Waals surface area contributed by atoms with Gasteiger partial charge in [0, 0.05) is 17.2 Å². The number of benzene rings is 3. The molecule has 0 saturated carbocycles. The molecule has 4 aromatic rings. The monoisotopic (exact) mass is 349 g/mol. The lowest BCUT2D eigenvalue weighted by Gasteiger charge is -2.22. The highest BCUT2D eigenvalue weighted by molar-refractivity contribution is 6.02. The van der Waals surface area contributed by atoms with Crippen molar-refractivity contribution in [3.63, 3.8) is 0 Å². The van der Waals surface area contributed by atoms with Crippen LogP contribution in [0.3, 0.4) is 0 Å². The number of hydrogen-bond acceptors (Lipinski definition) is 1. The van der Waals surface area contributed by atoms with Crippen molar-refractivity contribution >= 4 is 10.8 Å². The molecule has 5 rings (SSSR count). The molecule has 0 fully saturated rings. The van der Waals surface area contributed by atoms with Gasteiger partial charge in [-0.05, 0) is 70.1 Å². The normalized spacial score (nSPS) is 14.2. The molecule has 1 heteroatoms. The van der Waals surface area contributed by atoms with Crippen molar-refractivity contribution < 1.29 is 0 Å². The van der Waals surface area contributed by atoms with Gasteiger partial charge >= 0.3 is 0 Å². The standard InChI is InChI=1S/C26H23N/c1-16-13-24(27-15-17(16)2)19-9-11-21-23(14-19)26(3,4)22-12-10-18-7-5-6-8-20(18)25(21)22/h5-15H,1-4H3. The van der Waals surface area contributed by atoms with E-state index in [2.05, 4.69) is 93.3 Å². The summed E-state index contributed by atoms with van der Waals surface area (Å²) in [6, 6.07) is 22.3. The molecule has 0 N–H and O–H groups in total. The van der Waals surface area contributed by atoms with E-state index in [1.54, 1.807) is 0 Å². The van der Waals surface area contributed by atoms with Crippen molar-refractivity contribution in [1.82, 2.24) is 4.98 Å². The molecule has 3 aromatic carbocycles. The third-order valence-electron chi connectivity index (χ3n) is 6.23. The van der Waals surface area contributed by atoms with Crippen LogP contribution in [0.15, 0.2) is 66.9 Å². The van der Waals surface area contributed by atoms with E-state index < -0.39 is 0 Å². The van der Waals surface area contributed by atoms with Gasteiger partial charge in [-0.15, -0.1) is 0 Å². The van der Waals surface area contributed by atoms with Crippen LogP contribution in [0.4, 0.5) is 0 Å². The zero-order valence-electron chi connectivity index (χ0n) is 16.3. The third kappa shape index (κ3) is 2.28. The topological polar surface area (TPSA) is 12.9 Å². The molecule has 0 saturated heterocycles. The highest BCUT2D eigenvalue weighted by Crippen LogP contribution is 2.51. The molecule has 0 amide bonds. The summed E-state index contributed by atoms with van der Waals surface area (Å²) in [5, 5.41) is 2.65. The van der Waals surface area contributed by atoms with E-state index in [1.165, 1.54) is 49.7 Å². The smallest absolute Gasteiger partial charge is 0.0704 e. The second-order valence-electron chi connectivity index (χ2n) is 8.25. The summed E-state index contributed by atoms with van der Waals surface area (Å²) >= 11 is 0. The minimum Gasteiger partial charge on any atom is -0.256 e. The predicted molar refractivity (Wildman–Crippen MR) is 114 cm³/mol. The number of hydrogen-bond donors (Lipinski definition) is 0. The van der Waals surface area contributed by atoms with Gasteiger partial charge in [0.25, 0.3) is 0 Å². The van der Waals surface area contributed by atoms with Crippen molar-refractivity contribution in [2.75, 3.05) is 0 Å². The van der Waals surface area contributed by atoms with Gasteiger partial charge in [-0.25, -0.2) is 0 Å². The van der Waals surface area contributed by atoms with E-state index in [0.717, 1.165) is 5.69 Å². The number of nitrogens with zero attached hydrogens (tertiary/aromatic N) is 1. The molecule has 1 aromatic heterocycles. The molecule has 1 aliphatic rings. The number of fused-ring (bicyclic) bond motifs is 5. The molecule has 0 aliphatic heterocycles. The zero-order chi connectivity index (χ0) is 18.8. The zero-order valence-corrected chi connectivity index (χ0v) is 16.3. The minimum absolute atomic E-state index is 0.00947. The average Bonchev–Trinajstić information content (AvgIpc) is 2.91. The Morgan fingerprint density at radius 2 is 1.59 bits per heavy atom. The van der Waals surface area contributed by atoms with Gasteiger partial charge in [-0.2, -0.15) is 0 Å². The van der Waals surface area contributed by atoms with Gasteiger partial charge in [-0.1, -0.05) is 62.4 Å². The SMILES string of the molecule is Cc1cnc(-c2ccc3c(c2)C(C)(C)c2ccc4ccccc4c2-3)cc1C. The fourth-order valence-electron chi connectivity index (χ4n) is 4.45. The molecular formula is C26H23N. The van der Waals surface area contributed by atoms with E-state index in [9.17, 15) is 0 Å². The summed E-state index contributed by atoms with van der Waals surface area (Å²) in [5.41, 5.74) is 10.3. The second-order valence-corrected chi connectivity index (χ2v) is 8.25. The van der Waals surface area contributed by atoms with Crippen LogP contribution >= 0.6 is 0 Å². The second kappa shape index (κ2) is 5.53. The first-order valence-corrected chi connectivity index (χ1v) is 9.57. The van der Waals surface area contributed by atoms with E-state index >= 15 is 0 Å². The van der Waals surface area contributed by atoms with Crippen LogP contribution in [0.2, 0.25) is 0 Å². The van der Waals surface area contributed by atoms with E-state index in [4.69, 9.17) is 0 Å². The Kier molecular flexibility index (Phi) is 3.33. The van der Waals surface area contributed by atoms with Crippen LogP contribution in [-0.4, -0.2) is 4.98 Å². The molecule has 0 radical (unpaired) electrons. The number of rotatable bonds is 1. The lowest BCUT2D eigenvalue weighted by atomic mass is 9.81. The lowest BCUT2D eigenvalue weighted by Crippen LogP contribution is -2.15.